The molecule has 1 fully saturated rings. The molecule has 6 unspecified atom stereocenters. The lowest BCUT2D eigenvalue weighted by atomic mass is 9.55. The Balaban J connectivity index is 1.55. The van der Waals surface area contributed by atoms with Crippen LogP contribution in [0.25, 0.3) is 0 Å². The van der Waals surface area contributed by atoms with Crippen molar-refractivity contribution in [2.24, 2.45) is 22.9 Å². The van der Waals surface area contributed by atoms with Crippen molar-refractivity contribution in [1.82, 2.24) is 4.90 Å². The van der Waals surface area contributed by atoms with Crippen LogP contribution in [0.2, 0.25) is 0 Å². The molecule has 0 bridgehead atoms. The second-order valence-corrected chi connectivity index (χ2v) is 14.4. The van der Waals surface area contributed by atoms with Crippen molar-refractivity contribution in [1.29, 1.82) is 5.26 Å². The molecule has 3 aromatic carbocycles. The molecule has 1 heterocycles. The number of carbonyl (C=O) groups is 2. The van der Waals surface area contributed by atoms with E-state index in [2.05, 4.69) is 23.9 Å². The van der Waals surface area contributed by atoms with Crippen molar-refractivity contribution in [3.8, 4) is 23.3 Å². The average molecular weight is 748 g/mol. The van der Waals surface area contributed by atoms with Crippen molar-refractivity contribution >= 4 is 17.9 Å². The summed E-state index contributed by atoms with van der Waals surface area (Å²) < 4.78 is 20.4. The predicted molar refractivity (Wildman–Crippen MR) is 207 cm³/mol. The minimum Gasteiger partial charge on any atom is -0.459 e. The first kappa shape index (κ1) is 39.4. The summed E-state index contributed by atoms with van der Waals surface area (Å²) in [5.74, 6) is -0.552. The number of hydrogen-bond acceptors (Lipinski definition) is 10. The first-order valence-electron chi connectivity index (χ1n) is 18.9. The van der Waals surface area contributed by atoms with Gasteiger partial charge in [-0.15, -0.1) is 6.58 Å². The van der Waals surface area contributed by atoms with Crippen LogP contribution in [0.4, 0.5) is 0 Å². The van der Waals surface area contributed by atoms with E-state index < -0.39 is 17.7 Å². The van der Waals surface area contributed by atoms with Gasteiger partial charge < -0.3 is 34.2 Å². The summed E-state index contributed by atoms with van der Waals surface area (Å²) in [6.45, 7) is 4.28. The molecule has 2 aliphatic carbocycles. The summed E-state index contributed by atoms with van der Waals surface area (Å²) in [7, 11) is 3.25. The summed E-state index contributed by atoms with van der Waals surface area (Å²) in [6.07, 6.45) is 9.54. The summed E-state index contributed by atoms with van der Waals surface area (Å²) in [5.41, 5.74) is 3.88. The average Bonchev–Trinajstić information content (AvgIpc) is 3.21. The van der Waals surface area contributed by atoms with Gasteiger partial charge in [-0.3, -0.25) is 9.59 Å². The quantitative estimate of drug-likeness (QED) is 0.0633. The molecule has 288 valence electrons. The number of unbranched alkanes of at least 4 members (excludes halogenated alkanes) is 2. The Morgan fingerprint density at radius 2 is 1.80 bits per heavy atom. The Morgan fingerprint density at radius 3 is 2.49 bits per heavy atom. The fourth-order valence-electron chi connectivity index (χ4n) is 8.72. The summed E-state index contributed by atoms with van der Waals surface area (Å²) in [4.78, 5) is 33.0. The van der Waals surface area contributed by atoms with Crippen LogP contribution >= 0.6 is 0 Å². The van der Waals surface area contributed by atoms with E-state index in [9.17, 15) is 25.1 Å². The number of nitrogens with zero attached hydrogens (tertiary/aromatic N) is 3. The highest BCUT2D eigenvalue weighted by atomic mass is 16.7. The van der Waals surface area contributed by atoms with Gasteiger partial charge >= 0.3 is 0 Å². The van der Waals surface area contributed by atoms with Crippen molar-refractivity contribution < 1.29 is 38.9 Å². The highest BCUT2D eigenvalue weighted by molar-refractivity contribution is 6.03. The number of ether oxygens (including phenoxy) is 3. The molecular formula is C44H49N3O8. The van der Waals surface area contributed by atoms with Gasteiger partial charge in [-0.05, 0) is 97.7 Å². The Morgan fingerprint density at radius 1 is 1.05 bits per heavy atom. The highest BCUT2D eigenvalue weighted by Gasteiger charge is 2.65. The molecule has 6 rings (SSSR count). The summed E-state index contributed by atoms with van der Waals surface area (Å²) in [6, 6.07) is 20.6. The van der Waals surface area contributed by atoms with Crippen LogP contribution in [0.3, 0.4) is 0 Å². The Labute approximate surface area is 322 Å². The summed E-state index contributed by atoms with van der Waals surface area (Å²) in [5, 5.41) is 33.6. The molecule has 1 aliphatic heterocycles. The van der Waals surface area contributed by atoms with E-state index in [0.717, 1.165) is 43.1 Å². The molecule has 0 spiro atoms. The number of fused-ring (bicyclic) bond motifs is 2. The van der Waals surface area contributed by atoms with E-state index in [4.69, 9.17) is 19.0 Å². The van der Waals surface area contributed by atoms with Gasteiger partial charge in [0.15, 0.2) is 0 Å². The topological polar surface area (TPSA) is 151 Å². The van der Waals surface area contributed by atoms with Crippen molar-refractivity contribution in [3.63, 3.8) is 0 Å². The number of aliphatic hydroxyl groups is 2. The second-order valence-electron chi connectivity index (χ2n) is 14.4. The van der Waals surface area contributed by atoms with E-state index in [0.29, 0.717) is 52.5 Å². The van der Waals surface area contributed by atoms with Gasteiger partial charge in [0.2, 0.25) is 5.79 Å². The number of rotatable bonds is 17. The Bertz CT molecular complexity index is 1950. The number of carbonyl (C=O) groups excluding carboxylic acids is 2. The van der Waals surface area contributed by atoms with Gasteiger partial charge in [-0.2, -0.15) is 5.26 Å². The molecular weight excluding hydrogens is 698 g/mol. The third-order valence-electron chi connectivity index (χ3n) is 11.1. The first-order valence-corrected chi connectivity index (χ1v) is 18.9. The standard InChI is InChI=1S/C44H49N3O8/c1-4-22-53-44-40(47(2)43(51)31-16-14-29(27-45)15-17-31)26-38(46-52-3)36-24-32(11-5-7-20-48)35(13-6-8-21-49)41(42(36)44)37-25-34(18-19-39(37)55-44)54-33-12-9-10-30(23-33)28-50/h4,9-10,12,14-19,23-25,28,32,35,40-42,48-49H,1,5-8,11,13,20-22,26H2,2-3H3. The van der Waals surface area contributed by atoms with Crippen molar-refractivity contribution in [2.75, 3.05) is 34.0 Å². The Kier molecular flexibility index (Phi) is 12.8. The zero-order valence-electron chi connectivity index (χ0n) is 31.4. The molecule has 0 aromatic heterocycles. The van der Waals surface area contributed by atoms with Crippen molar-refractivity contribution in [3.05, 3.63) is 113 Å². The molecule has 11 heteroatoms. The third kappa shape index (κ3) is 8.08. The maximum atomic E-state index is 14.3. The van der Waals surface area contributed by atoms with Crippen LogP contribution in [-0.4, -0.2) is 78.8 Å². The fourth-order valence-corrected chi connectivity index (χ4v) is 8.72. The monoisotopic (exact) mass is 747 g/mol. The largest absolute Gasteiger partial charge is 0.459 e. The van der Waals surface area contributed by atoms with E-state index in [1.807, 2.05) is 18.2 Å². The van der Waals surface area contributed by atoms with Gasteiger partial charge in [0.25, 0.3) is 5.91 Å². The molecule has 11 nitrogen and oxygen atoms in total. The molecule has 1 amide bonds. The molecule has 55 heavy (non-hydrogen) atoms. The minimum atomic E-state index is -1.40. The molecule has 0 radical (unpaired) electrons. The number of benzene rings is 3. The van der Waals surface area contributed by atoms with Gasteiger partial charge in [0.05, 0.1) is 29.9 Å². The van der Waals surface area contributed by atoms with Gasteiger partial charge in [-0.25, -0.2) is 0 Å². The van der Waals surface area contributed by atoms with Gasteiger partial charge in [0.1, 0.15) is 36.7 Å². The number of amides is 1. The van der Waals surface area contributed by atoms with Crippen LogP contribution in [-0.2, 0) is 9.57 Å². The molecule has 3 aliphatic rings. The number of oxime groups is 1. The van der Waals surface area contributed by atoms with Gasteiger partial charge in [0, 0.05) is 49.3 Å². The SMILES string of the molecule is C=CCOC12Oc3ccc(Oc4cccc(C=O)c4)cc3C3C(CCCCO)C(CCCCO)C=C(C(=NOC)CC1N(C)C(=O)c1ccc(C#N)cc1)C32. The Hall–Kier alpha value is -5.28. The lowest BCUT2D eigenvalue weighted by Gasteiger charge is -2.59. The van der Waals surface area contributed by atoms with E-state index >= 15 is 0 Å². The number of allylic oxidation sites excluding steroid dienone is 1. The molecule has 6 atom stereocenters. The van der Waals surface area contributed by atoms with Gasteiger partial charge in [-0.1, -0.05) is 42.3 Å². The highest BCUT2D eigenvalue weighted by Crippen LogP contribution is 2.62. The smallest absolute Gasteiger partial charge is 0.254 e. The lowest BCUT2D eigenvalue weighted by Crippen LogP contribution is -2.69. The first-order chi connectivity index (χ1) is 26.8. The van der Waals surface area contributed by atoms with Crippen LogP contribution < -0.4 is 9.47 Å². The third-order valence-corrected chi connectivity index (χ3v) is 11.1. The van der Waals surface area contributed by atoms with Crippen molar-refractivity contribution in [2.45, 2.75) is 62.7 Å². The number of aldehydes is 1. The van der Waals surface area contributed by atoms with E-state index in [1.54, 1.807) is 66.6 Å². The zero-order valence-corrected chi connectivity index (χ0v) is 31.4. The lowest BCUT2D eigenvalue weighted by molar-refractivity contribution is -0.252. The number of nitriles is 1. The van der Waals surface area contributed by atoms with Crippen LogP contribution in [0.15, 0.2) is 96.2 Å². The number of likely N-dealkylation sites (N-methyl/N-ethyl adjacent to an activating group) is 1. The second kappa shape index (κ2) is 17.9. The maximum Gasteiger partial charge on any atom is 0.254 e. The van der Waals surface area contributed by atoms with Crippen LogP contribution in [0, 0.1) is 29.1 Å². The molecule has 3 aromatic rings. The number of aliphatic hydroxyl groups excluding tert-OH is 2. The van der Waals surface area contributed by atoms with Crippen LogP contribution in [0.1, 0.15) is 82.7 Å². The minimum absolute atomic E-state index is 0.0454. The van der Waals surface area contributed by atoms with Crippen LogP contribution in [0.5, 0.6) is 17.2 Å². The maximum absolute atomic E-state index is 14.3. The van der Waals surface area contributed by atoms with E-state index in [1.165, 1.54) is 7.11 Å². The zero-order chi connectivity index (χ0) is 39.0. The molecule has 0 saturated heterocycles. The molecule has 2 N–H and O–H groups in total. The molecule has 1 saturated carbocycles. The normalized spacial score (nSPS) is 24.3. The number of hydrogen-bond donors (Lipinski definition) is 2. The summed E-state index contributed by atoms with van der Waals surface area (Å²) >= 11 is 0. The predicted octanol–water partition coefficient (Wildman–Crippen LogP) is 7.20. The van der Waals surface area contributed by atoms with E-state index in [-0.39, 0.29) is 49.9 Å². The fraction of sp³-hybridized carbons (Fsp3) is 0.409.